The Morgan fingerprint density at radius 1 is 1.19 bits per heavy atom. The first-order chi connectivity index (χ1) is 10.1. The average Bonchev–Trinajstić information content (AvgIpc) is 2.85. The van der Waals surface area contributed by atoms with Gasteiger partial charge in [0.2, 0.25) is 0 Å². The maximum Gasteiger partial charge on any atom is 0.132 e. The minimum absolute atomic E-state index is 0.180. The number of nitrogens with zero attached hydrogens (tertiary/aromatic N) is 2. The van der Waals surface area contributed by atoms with Gasteiger partial charge in [0.1, 0.15) is 5.82 Å². The molecule has 0 amide bonds. The minimum Gasteiger partial charge on any atom is -0.295 e. The lowest BCUT2D eigenvalue weighted by Crippen LogP contribution is -2.04. The molecule has 0 aliphatic carbocycles. The van der Waals surface area contributed by atoms with Crippen LogP contribution in [0.1, 0.15) is 30.6 Å². The summed E-state index contributed by atoms with van der Waals surface area (Å²) in [5.41, 5.74) is 4.28. The topological polar surface area (TPSA) is 17.8 Å². The van der Waals surface area contributed by atoms with Crippen LogP contribution in [0.4, 0.5) is 0 Å². The number of imidazole rings is 1. The Hall–Kier alpha value is -1.51. The first-order valence-corrected chi connectivity index (χ1v) is 7.83. The summed E-state index contributed by atoms with van der Waals surface area (Å²) >= 11 is 12.5. The normalized spacial score (nSPS) is 12.8. The zero-order valence-corrected chi connectivity index (χ0v) is 13.5. The number of aryl methyl sites for hydroxylation is 1. The summed E-state index contributed by atoms with van der Waals surface area (Å²) in [6, 6.07) is 14.1. The van der Waals surface area contributed by atoms with E-state index in [-0.39, 0.29) is 5.38 Å². The van der Waals surface area contributed by atoms with Crippen LogP contribution in [-0.2, 0) is 6.42 Å². The summed E-state index contributed by atoms with van der Waals surface area (Å²) in [6.45, 7) is 4.09. The monoisotopic (exact) mass is 318 g/mol. The quantitative estimate of drug-likeness (QED) is 0.579. The van der Waals surface area contributed by atoms with Crippen molar-refractivity contribution in [3.63, 3.8) is 0 Å². The summed E-state index contributed by atoms with van der Waals surface area (Å²) in [5.74, 6) is 0.842. The van der Waals surface area contributed by atoms with E-state index in [9.17, 15) is 0 Å². The molecule has 0 fully saturated rings. The molecule has 0 aliphatic heterocycles. The highest BCUT2D eigenvalue weighted by Gasteiger charge is 2.18. The van der Waals surface area contributed by atoms with Crippen molar-refractivity contribution in [3.8, 4) is 5.69 Å². The van der Waals surface area contributed by atoms with Gasteiger partial charge < -0.3 is 0 Å². The Labute approximate surface area is 134 Å². The van der Waals surface area contributed by atoms with E-state index in [4.69, 9.17) is 23.2 Å². The Kier molecular flexibility index (Phi) is 3.92. The molecule has 0 radical (unpaired) electrons. The predicted octanol–water partition coefficient (Wildman–Crippen LogP) is 5.54. The third kappa shape index (κ3) is 2.54. The molecule has 0 N–H and O–H groups in total. The molecule has 108 valence electrons. The molecule has 1 aromatic heterocycles. The molecule has 2 aromatic carbocycles. The highest BCUT2D eigenvalue weighted by Crippen LogP contribution is 2.31. The van der Waals surface area contributed by atoms with Crippen molar-refractivity contribution in [2.24, 2.45) is 0 Å². The molecule has 3 rings (SSSR count). The summed E-state index contributed by atoms with van der Waals surface area (Å²) in [6.07, 6.45) is 0.951. The van der Waals surface area contributed by atoms with Crippen LogP contribution in [0, 0.1) is 0 Å². The van der Waals surface area contributed by atoms with Crippen molar-refractivity contribution in [2.45, 2.75) is 25.6 Å². The molecule has 1 unspecified atom stereocenters. The number of halogens is 2. The van der Waals surface area contributed by atoms with E-state index in [0.717, 1.165) is 29.0 Å². The summed E-state index contributed by atoms with van der Waals surface area (Å²) in [7, 11) is 0. The van der Waals surface area contributed by atoms with Gasteiger partial charge in [-0.2, -0.15) is 0 Å². The van der Waals surface area contributed by atoms with Crippen LogP contribution in [0.15, 0.2) is 42.5 Å². The van der Waals surface area contributed by atoms with E-state index in [0.29, 0.717) is 5.02 Å². The van der Waals surface area contributed by atoms with Crippen molar-refractivity contribution in [1.29, 1.82) is 0 Å². The van der Waals surface area contributed by atoms with Gasteiger partial charge in [0.05, 0.1) is 22.1 Å². The second-order valence-electron chi connectivity index (χ2n) is 5.04. The van der Waals surface area contributed by atoms with Gasteiger partial charge in [-0.3, -0.25) is 4.57 Å². The fourth-order valence-corrected chi connectivity index (χ4v) is 2.93. The molecular weight excluding hydrogens is 303 g/mol. The van der Waals surface area contributed by atoms with E-state index >= 15 is 0 Å². The zero-order valence-electron chi connectivity index (χ0n) is 12.0. The number of benzene rings is 2. The van der Waals surface area contributed by atoms with Crippen LogP contribution in [0.2, 0.25) is 5.02 Å². The number of rotatable bonds is 3. The fourth-order valence-electron chi connectivity index (χ4n) is 2.62. The molecule has 4 heteroatoms. The fraction of sp³-hybridized carbons (Fsp3) is 0.235. The molecule has 21 heavy (non-hydrogen) atoms. The van der Waals surface area contributed by atoms with Crippen molar-refractivity contribution >= 4 is 34.2 Å². The number of alkyl halides is 1. The number of hydrogen-bond donors (Lipinski definition) is 0. The van der Waals surface area contributed by atoms with Crippen molar-refractivity contribution in [1.82, 2.24) is 9.55 Å². The number of fused-ring (bicyclic) bond motifs is 1. The van der Waals surface area contributed by atoms with Crippen LogP contribution >= 0.6 is 23.2 Å². The Morgan fingerprint density at radius 2 is 1.95 bits per heavy atom. The number of hydrogen-bond acceptors (Lipinski definition) is 1. The van der Waals surface area contributed by atoms with Gasteiger partial charge in [-0.05, 0) is 43.2 Å². The van der Waals surface area contributed by atoms with Crippen LogP contribution < -0.4 is 0 Å². The van der Waals surface area contributed by atoms with Gasteiger partial charge in [0.25, 0.3) is 0 Å². The molecule has 0 spiro atoms. The maximum atomic E-state index is 6.35. The predicted molar refractivity (Wildman–Crippen MR) is 89.7 cm³/mol. The number of aromatic nitrogens is 2. The van der Waals surface area contributed by atoms with Crippen molar-refractivity contribution in [2.75, 3.05) is 0 Å². The molecule has 2 nitrogen and oxygen atoms in total. The molecule has 1 heterocycles. The Bertz CT molecular complexity index is 791. The van der Waals surface area contributed by atoms with E-state index in [1.807, 2.05) is 31.2 Å². The van der Waals surface area contributed by atoms with Gasteiger partial charge in [-0.15, -0.1) is 11.6 Å². The second-order valence-corrected chi connectivity index (χ2v) is 6.13. The zero-order chi connectivity index (χ0) is 15.0. The molecule has 0 bridgehead atoms. The van der Waals surface area contributed by atoms with E-state index < -0.39 is 0 Å². The van der Waals surface area contributed by atoms with Crippen molar-refractivity contribution < 1.29 is 0 Å². The molecule has 0 aliphatic rings. The standard InChI is InChI=1S/C17H16Cl2N2/c1-3-12-6-4-5-7-15(12)21-16-10-13(19)8-9-14(16)20-17(21)11(2)18/h4-11H,3H2,1-2H3. The minimum atomic E-state index is -0.180. The molecule has 0 saturated carbocycles. The number of para-hydroxylation sites is 1. The Balaban J connectivity index is 2.38. The van der Waals surface area contributed by atoms with Crippen LogP contribution in [0.25, 0.3) is 16.7 Å². The Morgan fingerprint density at radius 3 is 2.67 bits per heavy atom. The first-order valence-electron chi connectivity index (χ1n) is 7.02. The molecule has 1 atom stereocenters. The lowest BCUT2D eigenvalue weighted by atomic mass is 10.1. The van der Waals surface area contributed by atoms with Gasteiger partial charge in [0.15, 0.2) is 0 Å². The third-order valence-corrected chi connectivity index (χ3v) is 4.04. The summed E-state index contributed by atoms with van der Waals surface area (Å²) in [5, 5.41) is 0.521. The molecular formula is C17H16Cl2N2. The van der Waals surface area contributed by atoms with Crippen LogP contribution in [0.3, 0.4) is 0 Å². The van der Waals surface area contributed by atoms with Gasteiger partial charge in [-0.1, -0.05) is 36.7 Å². The van der Waals surface area contributed by atoms with Crippen molar-refractivity contribution in [3.05, 3.63) is 58.9 Å². The third-order valence-electron chi connectivity index (χ3n) is 3.61. The summed E-state index contributed by atoms with van der Waals surface area (Å²) < 4.78 is 2.12. The lowest BCUT2D eigenvalue weighted by molar-refractivity contribution is 0.872. The van der Waals surface area contributed by atoms with Crippen LogP contribution in [0.5, 0.6) is 0 Å². The van der Waals surface area contributed by atoms with Crippen LogP contribution in [-0.4, -0.2) is 9.55 Å². The second kappa shape index (κ2) is 5.70. The van der Waals surface area contributed by atoms with E-state index in [2.05, 4.69) is 34.7 Å². The smallest absolute Gasteiger partial charge is 0.132 e. The molecule has 3 aromatic rings. The lowest BCUT2D eigenvalue weighted by Gasteiger charge is -2.14. The van der Waals surface area contributed by atoms with Gasteiger partial charge in [-0.25, -0.2) is 4.98 Å². The SMILES string of the molecule is CCc1ccccc1-n1c(C(C)Cl)nc2ccc(Cl)cc21. The summed E-state index contributed by atoms with van der Waals surface area (Å²) in [4.78, 5) is 4.68. The average molecular weight is 319 g/mol. The molecule has 0 saturated heterocycles. The van der Waals surface area contributed by atoms with Gasteiger partial charge in [0, 0.05) is 5.02 Å². The van der Waals surface area contributed by atoms with E-state index in [1.165, 1.54) is 5.56 Å². The van der Waals surface area contributed by atoms with Gasteiger partial charge >= 0.3 is 0 Å². The largest absolute Gasteiger partial charge is 0.295 e. The van der Waals surface area contributed by atoms with E-state index in [1.54, 1.807) is 0 Å². The first kappa shape index (κ1) is 14.4. The highest BCUT2D eigenvalue weighted by molar-refractivity contribution is 6.31. The highest BCUT2D eigenvalue weighted by atomic mass is 35.5. The maximum absolute atomic E-state index is 6.35.